The van der Waals surface area contributed by atoms with E-state index in [0.29, 0.717) is 11.7 Å². The minimum absolute atomic E-state index is 0.165. The molecule has 1 heterocycles. The number of thiazole rings is 1. The number of nitrogens with zero attached hydrogens (tertiary/aromatic N) is 2. The largest absolute Gasteiger partial charge is 0.323 e. The van der Waals surface area contributed by atoms with Gasteiger partial charge < -0.3 is 4.90 Å². The summed E-state index contributed by atoms with van der Waals surface area (Å²) in [6.45, 7) is 0.546. The van der Waals surface area contributed by atoms with E-state index in [1.165, 1.54) is 11.3 Å². The summed E-state index contributed by atoms with van der Waals surface area (Å²) in [5.41, 5.74) is 1.98. The molecule has 0 radical (unpaired) electrons. The Bertz CT molecular complexity index is 768. The van der Waals surface area contributed by atoms with E-state index in [1.54, 1.807) is 11.9 Å². The van der Waals surface area contributed by atoms with Gasteiger partial charge in [-0.3, -0.25) is 5.32 Å². The molecule has 3 aromatic rings. The van der Waals surface area contributed by atoms with Gasteiger partial charge in [0.2, 0.25) is 0 Å². The first-order valence-corrected chi connectivity index (χ1v) is 8.35. The summed E-state index contributed by atoms with van der Waals surface area (Å²) < 4.78 is 2.09. The number of benzene rings is 2. The van der Waals surface area contributed by atoms with Gasteiger partial charge in [-0.05, 0) is 29.8 Å². The number of urea groups is 1. The molecule has 4 nitrogen and oxygen atoms in total. The SMILES string of the molecule is CN(Cc1ccc(Br)cc1)C(=O)Nc1nc2ccccc2s1. The van der Waals surface area contributed by atoms with E-state index in [9.17, 15) is 4.79 Å². The molecule has 0 saturated heterocycles. The Morgan fingerprint density at radius 1 is 1.23 bits per heavy atom. The Kier molecular flexibility index (Phi) is 4.40. The fraction of sp³-hybridized carbons (Fsp3) is 0.125. The lowest BCUT2D eigenvalue weighted by molar-refractivity contribution is 0.220. The van der Waals surface area contributed by atoms with E-state index in [-0.39, 0.29) is 6.03 Å². The number of amides is 2. The van der Waals surface area contributed by atoms with Crippen LogP contribution in [0, 0.1) is 0 Å². The molecule has 1 aromatic heterocycles. The third-order valence-corrected chi connectivity index (χ3v) is 4.67. The number of anilines is 1. The Balaban J connectivity index is 1.66. The van der Waals surface area contributed by atoms with Crippen LogP contribution in [0.2, 0.25) is 0 Å². The van der Waals surface area contributed by atoms with Crippen LogP contribution in [-0.2, 0) is 6.54 Å². The molecule has 0 unspecified atom stereocenters. The number of halogens is 1. The highest BCUT2D eigenvalue weighted by Crippen LogP contribution is 2.25. The van der Waals surface area contributed by atoms with Crippen molar-refractivity contribution < 1.29 is 4.79 Å². The van der Waals surface area contributed by atoms with Crippen LogP contribution >= 0.6 is 27.3 Å². The predicted octanol–water partition coefficient (Wildman–Crippen LogP) is 4.72. The second-order valence-corrected chi connectivity index (χ2v) is 6.85. The molecule has 3 rings (SSSR count). The third-order valence-electron chi connectivity index (χ3n) is 3.19. The number of carbonyl (C=O) groups is 1. The Hall–Kier alpha value is -1.92. The number of rotatable bonds is 3. The second kappa shape index (κ2) is 6.46. The molecule has 0 aliphatic heterocycles. The van der Waals surface area contributed by atoms with E-state index in [4.69, 9.17) is 0 Å². The van der Waals surface area contributed by atoms with E-state index in [2.05, 4.69) is 26.2 Å². The summed E-state index contributed by atoms with van der Waals surface area (Å²) in [5.74, 6) is 0. The minimum Gasteiger partial charge on any atom is -0.323 e. The maximum atomic E-state index is 12.2. The topological polar surface area (TPSA) is 45.2 Å². The molecule has 2 aromatic carbocycles. The summed E-state index contributed by atoms with van der Waals surface area (Å²) in [6.07, 6.45) is 0. The van der Waals surface area contributed by atoms with Gasteiger partial charge >= 0.3 is 6.03 Å². The molecule has 2 amide bonds. The molecule has 0 spiro atoms. The maximum absolute atomic E-state index is 12.2. The van der Waals surface area contributed by atoms with Crippen LogP contribution in [0.1, 0.15) is 5.56 Å². The second-order valence-electron chi connectivity index (χ2n) is 4.90. The van der Waals surface area contributed by atoms with E-state index in [1.807, 2.05) is 48.5 Å². The highest BCUT2D eigenvalue weighted by Gasteiger charge is 2.12. The monoisotopic (exact) mass is 375 g/mol. The number of hydrogen-bond acceptors (Lipinski definition) is 3. The molecule has 22 heavy (non-hydrogen) atoms. The molecular weight excluding hydrogens is 362 g/mol. The van der Waals surface area contributed by atoms with Gasteiger partial charge in [-0.2, -0.15) is 0 Å². The van der Waals surface area contributed by atoms with Gasteiger partial charge in [-0.1, -0.05) is 51.5 Å². The molecule has 0 aliphatic carbocycles. The molecule has 0 saturated carbocycles. The highest BCUT2D eigenvalue weighted by atomic mass is 79.9. The van der Waals surface area contributed by atoms with Crippen LogP contribution in [0.3, 0.4) is 0 Å². The number of nitrogens with one attached hydrogen (secondary N) is 1. The van der Waals surface area contributed by atoms with E-state index >= 15 is 0 Å². The van der Waals surface area contributed by atoms with E-state index in [0.717, 1.165) is 20.3 Å². The quantitative estimate of drug-likeness (QED) is 0.719. The van der Waals surface area contributed by atoms with Crippen molar-refractivity contribution in [3.05, 3.63) is 58.6 Å². The van der Waals surface area contributed by atoms with Crippen molar-refractivity contribution in [3.63, 3.8) is 0 Å². The third kappa shape index (κ3) is 3.45. The van der Waals surface area contributed by atoms with Crippen LogP contribution < -0.4 is 5.32 Å². The first kappa shape index (κ1) is 15.0. The average Bonchev–Trinajstić information content (AvgIpc) is 2.91. The van der Waals surface area contributed by atoms with Crippen LogP contribution in [0.25, 0.3) is 10.2 Å². The molecular formula is C16H14BrN3OS. The Morgan fingerprint density at radius 2 is 1.95 bits per heavy atom. The lowest BCUT2D eigenvalue weighted by Crippen LogP contribution is -2.30. The van der Waals surface area contributed by atoms with Crippen molar-refractivity contribution in [2.24, 2.45) is 0 Å². The van der Waals surface area contributed by atoms with Crippen LogP contribution in [-0.4, -0.2) is 23.0 Å². The van der Waals surface area contributed by atoms with Crippen molar-refractivity contribution in [2.45, 2.75) is 6.54 Å². The summed E-state index contributed by atoms with van der Waals surface area (Å²) in [5, 5.41) is 3.47. The fourth-order valence-electron chi connectivity index (χ4n) is 2.05. The average molecular weight is 376 g/mol. The molecule has 6 heteroatoms. The van der Waals surface area contributed by atoms with E-state index < -0.39 is 0 Å². The van der Waals surface area contributed by atoms with Crippen molar-refractivity contribution in [1.29, 1.82) is 0 Å². The van der Waals surface area contributed by atoms with Crippen molar-refractivity contribution >= 4 is 48.6 Å². The molecule has 0 fully saturated rings. The normalized spacial score (nSPS) is 10.6. The summed E-state index contributed by atoms with van der Waals surface area (Å²) >= 11 is 4.88. The molecule has 0 atom stereocenters. The van der Waals surface area contributed by atoms with Gasteiger partial charge in [-0.25, -0.2) is 9.78 Å². The standard InChI is InChI=1S/C16H14BrN3OS/c1-20(10-11-6-8-12(17)9-7-11)16(21)19-15-18-13-4-2-3-5-14(13)22-15/h2-9H,10H2,1H3,(H,18,19,21). The zero-order valence-electron chi connectivity index (χ0n) is 11.9. The van der Waals surface area contributed by atoms with Crippen molar-refractivity contribution in [2.75, 3.05) is 12.4 Å². The van der Waals surface area contributed by atoms with Gasteiger partial charge in [0, 0.05) is 18.1 Å². The van der Waals surface area contributed by atoms with Crippen molar-refractivity contribution in [3.8, 4) is 0 Å². The van der Waals surface area contributed by atoms with Crippen LogP contribution in [0.15, 0.2) is 53.0 Å². The first-order chi connectivity index (χ1) is 10.6. The van der Waals surface area contributed by atoms with Crippen molar-refractivity contribution in [1.82, 2.24) is 9.88 Å². The molecule has 0 bridgehead atoms. The zero-order chi connectivity index (χ0) is 15.5. The highest BCUT2D eigenvalue weighted by molar-refractivity contribution is 9.10. The van der Waals surface area contributed by atoms with Gasteiger partial charge in [0.15, 0.2) is 5.13 Å². The molecule has 1 N–H and O–H groups in total. The smallest absolute Gasteiger partial charge is 0.323 e. The van der Waals surface area contributed by atoms with Gasteiger partial charge in [0.05, 0.1) is 10.2 Å². The summed E-state index contributed by atoms with van der Waals surface area (Å²) in [6, 6.07) is 15.6. The van der Waals surface area contributed by atoms with Gasteiger partial charge in [0.25, 0.3) is 0 Å². The number of aromatic nitrogens is 1. The van der Waals surface area contributed by atoms with Crippen LogP contribution in [0.5, 0.6) is 0 Å². The number of fused-ring (bicyclic) bond motifs is 1. The molecule has 112 valence electrons. The maximum Gasteiger partial charge on any atom is 0.323 e. The number of carbonyl (C=O) groups excluding carboxylic acids is 1. The Morgan fingerprint density at radius 3 is 2.68 bits per heavy atom. The Labute approximate surface area is 140 Å². The lowest BCUT2D eigenvalue weighted by Gasteiger charge is -2.17. The first-order valence-electron chi connectivity index (χ1n) is 6.74. The fourth-order valence-corrected chi connectivity index (χ4v) is 3.17. The zero-order valence-corrected chi connectivity index (χ0v) is 14.3. The summed E-state index contributed by atoms with van der Waals surface area (Å²) in [7, 11) is 1.77. The lowest BCUT2D eigenvalue weighted by atomic mass is 10.2. The minimum atomic E-state index is -0.165. The van der Waals surface area contributed by atoms with Gasteiger partial charge in [-0.15, -0.1) is 0 Å². The molecule has 0 aliphatic rings. The predicted molar refractivity (Wildman–Crippen MR) is 94.2 cm³/mol. The summed E-state index contributed by atoms with van der Waals surface area (Å²) in [4.78, 5) is 18.3. The number of hydrogen-bond donors (Lipinski definition) is 1. The number of para-hydroxylation sites is 1. The van der Waals surface area contributed by atoms with Crippen LogP contribution in [0.4, 0.5) is 9.93 Å². The van der Waals surface area contributed by atoms with Gasteiger partial charge in [0.1, 0.15) is 0 Å².